The van der Waals surface area contributed by atoms with Crippen molar-refractivity contribution in [2.75, 3.05) is 20.8 Å². The van der Waals surface area contributed by atoms with Crippen molar-refractivity contribution in [2.45, 2.75) is 6.10 Å². The first-order valence-corrected chi connectivity index (χ1v) is 7.86. The fraction of sp³-hybridized carbons (Fsp3) is 0.250. The van der Waals surface area contributed by atoms with E-state index in [0.29, 0.717) is 28.9 Å². The zero-order valence-electron chi connectivity index (χ0n) is 14.3. The summed E-state index contributed by atoms with van der Waals surface area (Å²) in [5.74, 6) is 0.649. The summed E-state index contributed by atoms with van der Waals surface area (Å²) < 4.78 is 10.2. The monoisotopic (exact) mass is 342 g/mol. The second-order valence-corrected chi connectivity index (χ2v) is 5.54. The second kappa shape index (κ2) is 9.01. The van der Waals surface area contributed by atoms with Crippen LogP contribution < -0.4 is 9.47 Å². The molecule has 2 rings (SSSR count). The van der Waals surface area contributed by atoms with E-state index in [1.807, 2.05) is 0 Å². The van der Waals surface area contributed by atoms with Crippen LogP contribution in [-0.2, 0) is 4.79 Å². The molecule has 2 N–H and O–H groups in total. The number of carbonyl (C=O) groups excluding carboxylic acids is 1. The highest BCUT2D eigenvalue weighted by Crippen LogP contribution is 2.29. The van der Waals surface area contributed by atoms with Gasteiger partial charge in [-0.2, -0.15) is 0 Å². The summed E-state index contributed by atoms with van der Waals surface area (Å²) in [7, 11) is 3.14. The minimum atomic E-state index is -1.01. The van der Waals surface area contributed by atoms with E-state index in [4.69, 9.17) is 9.47 Å². The molecule has 0 amide bonds. The number of methoxy groups -OCH3 is 2. The molecule has 2 aromatic rings. The molecule has 5 heteroatoms. The third-order valence-corrected chi connectivity index (χ3v) is 4.05. The highest BCUT2D eigenvalue weighted by Gasteiger charge is 2.24. The van der Waals surface area contributed by atoms with Crippen molar-refractivity contribution in [2.24, 2.45) is 5.92 Å². The van der Waals surface area contributed by atoms with Crippen LogP contribution in [0.25, 0.3) is 6.08 Å². The highest BCUT2D eigenvalue weighted by molar-refractivity contribution is 5.82. The zero-order valence-corrected chi connectivity index (χ0v) is 14.3. The van der Waals surface area contributed by atoms with Crippen molar-refractivity contribution in [1.82, 2.24) is 0 Å². The predicted molar refractivity (Wildman–Crippen MR) is 95.6 cm³/mol. The third-order valence-electron chi connectivity index (χ3n) is 4.05. The average molecular weight is 342 g/mol. The molecule has 0 saturated carbocycles. The zero-order chi connectivity index (χ0) is 18.2. The van der Waals surface area contributed by atoms with Gasteiger partial charge in [-0.25, -0.2) is 0 Å². The molecule has 0 aliphatic heterocycles. The first kappa shape index (κ1) is 18.7. The van der Waals surface area contributed by atoms with Crippen LogP contribution in [0.3, 0.4) is 0 Å². The van der Waals surface area contributed by atoms with Gasteiger partial charge in [0, 0.05) is 11.5 Å². The molecule has 2 atom stereocenters. The Balaban J connectivity index is 2.27. The van der Waals surface area contributed by atoms with Crippen molar-refractivity contribution in [3.8, 4) is 11.5 Å². The second-order valence-electron chi connectivity index (χ2n) is 5.54. The van der Waals surface area contributed by atoms with Crippen LogP contribution in [0.15, 0.2) is 54.1 Å². The Morgan fingerprint density at radius 1 is 1.00 bits per heavy atom. The fourth-order valence-electron chi connectivity index (χ4n) is 2.54. The van der Waals surface area contributed by atoms with E-state index in [2.05, 4.69) is 0 Å². The molecular weight excluding hydrogens is 320 g/mol. The Morgan fingerprint density at radius 2 is 1.52 bits per heavy atom. The summed E-state index contributed by atoms with van der Waals surface area (Å²) in [6, 6.07) is 14.0. The molecule has 0 aliphatic carbocycles. The third kappa shape index (κ3) is 4.68. The van der Waals surface area contributed by atoms with Gasteiger partial charge >= 0.3 is 0 Å². The van der Waals surface area contributed by atoms with Crippen LogP contribution in [0.4, 0.5) is 0 Å². The minimum Gasteiger partial charge on any atom is -0.497 e. The van der Waals surface area contributed by atoms with Crippen molar-refractivity contribution >= 4 is 12.4 Å². The van der Waals surface area contributed by atoms with Gasteiger partial charge in [0.15, 0.2) is 0 Å². The van der Waals surface area contributed by atoms with Crippen LogP contribution in [0.1, 0.15) is 17.2 Å². The Hall–Kier alpha value is -2.63. The number of rotatable bonds is 8. The fourth-order valence-corrected chi connectivity index (χ4v) is 2.54. The van der Waals surface area contributed by atoms with Gasteiger partial charge in [0.25, 0.3) is 0 Å². The summed E-state index contributed by atoms with van der Waals surface area (Å²) in [5, 5.41) is 20.3. The smallest absolute Gasteiger partial charge is 0.146 e. The topological polar surface area (TPSA) is 76.0 Å². The molecule has 0 aliphatic rings. The molecule has 0 radical (unpaired) electrons. The maximum Gasteiger partial charge on any atom is 0.146 e. The standard InChI is InChI=1S/C20H22O5/c1-24-17-7-3-14(4-8-17)11-16(12-21)19(13-22)20(23)15-5-9-18(25-2)10-6-15/h3-12,19-20,22-23H,13H2,1-2H3/b16-11-. The summed E-state index contributed by atoms with van der Waals surface area (Å²) in [6.45, 7) is -0.353. The number of carbonyl (C=O) groups is 1. The molecule has 132 valence electrons. The average Bonchev–Trinajstić information content (AvgIpc) is 2.68. The number of benzene rings is 2. The van der Waals surface area contributed by atoms with Gasteiger partial charge in [-0.1, -0.05) is 24.3 Å². The van der Waals surface area contributed by atoms with Crippen molar-refractivity contribution in [3.63, 3.8) is 0 Å². The van der Waals surface area contributed by atoms with Crippen molar-refractivity contribution in [3.05, 3.63) is 65.2 Å². The Kier molecular flexibility index (Phi) is 6.74. The lowest BCUT2D eigenvalue weighted by Crippen LogP contribution is -2.20. The maximum atomic E-state index is 11.5. The van der Waals surface area contributed by atoms with E-state index in [9.17, 15) is 15.0 Å². The van der Waals surface area contributed by atoms with Gasteiger partial charge < -0.3 is 19.7 Å². The van der Waals surface area contributed by atoms with Gasteiger partial charge in [0.1, 0.15) is 17.8 Å². The molecule has 2 unspecified atom stereocenters. The van der Waals surface area contributed by atoms with Crippen LogP contribution in [0, 0.1) is 5.92 Å². The molecular formula is C20H22O5. The Morgan fingerprint density at radius 3 is 1.96 bits per heavy atom. The molecule has 25 heavy (non-hydrogen) atoms. The molecule has 0 heterocycles. The normalized spacial score (nSPS) is 13.8. The molecule has 5 nitrogen and oxygen atoms in total. The molecule has 0 bridgehead atoms. The van der Waals surface area contributed by atoms with Gasteiger partial charge in [-0.15, -0.1) is 0 Å². The number of hydrogen-bond donors (Lipinski definition) is 2. The van der Waals surface area contributed by atoms with Gasteiger partial charge in [0.05, 0.1) is 26.9 Å². The van der Waals surface area contributed by atoms with E-state index in [1.165, 1.54) is 0 Å². The number of hydrogen-bond acceptors (Lipinski definition) is 5. The van der Waals surface area contributed by atoms with Gasteiger partial charge in [0.2, 0.25) is 0 Å². The first-order chi connectivity index (χ1) is 12.1. The first-order valence-electron chi connectivity index (χ1n) is 7.86. The summed E-state index contributed by atoms with van der Waals surface area (Å²) in [5.41, 5.74) is 1.70. The SMILES string of the molecule is COc1ccc(/C=C(/C=O)C(CO)C(O)c2ccc(OC)cc2)cc1. The van der Waals surface area contributed by atoms with Crippen LogP contribution >= 0.6 is 0 Å². The van der Waals surface area contributed by atoms with Crippen molar-refractivity contribution < 1.29 is 24.5 Å². The Bertz CT molecular complexity index is 704. The lowest BCUT2D eigenvalue weighted by atomic mass is 9.89. The predicted octanol–water partition coefficient (Wildman–Crippen LogP) is 2.63. The molecule has 0 fully saturated rings. The lowest BCUT2D eigenvalue weighted by Gasteiger charge is -2.22. The summed E-state index contributed by atoms with van der Waals surface area (Å²) in [6.07, 6.45) is 1.31. The van der Waals surface area contributed by atoms with E-state index in [-0.39, 0.29) is 6.61 Å². The summed E-state index contributed by atoms with van der Waals surface area (Å²) in [4.78, 5) is 11.5. The van der Waals surface area contributed by atoms with Crippen LogP contribution in [0.5, 0.6) is 11.5 Å². The summed E-state index contributed by atoms with van der Waals surface area (Å²) >= 11 is 0. The van der Waals surface area contributed by atoms with Crippen LogP contribution in [0.2, 0.25) is 0 Å². The highest BCUT2D eigenvalue weighted by atomic mass is 16.5. The largest absolute Gasteiger partial charge is 0.497 e. The van der Waals surface area contributed by atoms with E-state index >= 15 is 0 Å². The Labute approximate surface area is 147 Å². The number of ether oxygens (including phenoxy) is 2. The number of aliphatic hydroxyl groups is 2. The number of aldehydes is 1. The minimum absolute atomic E-state index is 0.316. The van der Waals surface area contributed by atoms with E-state index in [1.54, 1.807) is 68.8 Å². The maximum absolute atomic E-state index is 11.5. The number of aliphatic hydroxyl groups excluding tert-OH is 2. The molecule has 2 aromatic carbocycles. The van der Waals surface area contributed by atoms with E-state index in [0.717, 1.165) is 5.56 Å². The van der Waals surface area contributed by atoms with Gasteiger partial charge in [-0.05, 0) is 41.5 Å². The van der Waals surface area contributed by atoms with Crippen LogP contribution in [-0.4, -0.2) is 37.3 Å². The quantitative estimate of drug-likeness (QED) is 0.570. The lowest BCUT2D eigenvalue weighted by molar-refractivity contribution is -0.106. The molecule has 0 saturated heterocycles. The van der Waals surface area contributed by atoms with E-state index < -0.39 is 12.0 Å². The van der Waals surface area contributed by atoms with Gasteiger partial charge in [-0.3, -0.25) is 4.79 Å². The van der Waals surface area contributed by atoms with Crippen molar-refractivity contribution in [1.29, 1.82) is 0 Å². The molecule has 0 spiro atoms. The molecule has 0 aromatic heterocycles.